The van der Waals surface area contributed by atoms with Gasteiger partial charge >= 0.3 is 0 Å². The molecule has 186 valence electrons. The highest BCUT2D eigenvalue weighted by Gasteiger charge is 2.46. The third kappa shape index (κ3) is 4.04. The number of fused-ring (bicyclic) bond motifs is 4. The van der Waals surface area contributed by atoms with Gasteiger partial charge < -0.3 is 24.4 Å². The first-order valence-electron chi connectivity index (χ1n) is 12.2. The fourth-order valence-corrected chi connectivity index (χ4v) is 5.37. The Morgan fingerprint density at radius 2 is 1.69 bits per heavy atom. The molecule has 0 spiro atoms. The number of nitrogens with zero attached hydrogens (tertiary/aromatic N) is 1. The van der Waals surface area contributed by atoms with Crippen LogP contribution in [0, 0.1) is 0 Å². The summed E-state index contributed by atoms with van der Waals surface area (Å²) in [4.78, 5) is 29.3. The lowest BCUT2D eigenvalue weighted by atomic mass is 9.75. The summed E-state index contributed by atoms with van der Waals surface area (Å²) in [7, 11) is 3.20. The number of hydrogen-bond acceptors (Lipinski definition) is 5. The highest BCUT2D eigenvalue weighted by atomic mass is 16.5. The lowest BCUT2D eigenvalue weighted by Gasteiger charge is -2.45. The van der Waals surface area contributed by atoms with Gasteiger partial charge in [0.25, 0.3) is 5.91 Å². The zero-order valence-corrected chi connectivity index (χ0v) is 20.7. The zero-order chi connectivity index (χ0) is 25.2. The molecule has 0 saturated heterocycles. The Morgan fingerprint density at radius 1 is 0.972 bits per heavy atom. The molecule has 0 aliphatic carbocycles. The van der Waals surface area contributed by atoms with Crippen LogP contribution >= 0.6 is 0 Å². The van der Waals surface area contributed by atoms with Crippen molar-refractivity contribution in [2.75, 3.05) is 27.4 Å². The van der Waals surface area contributed by atoms with Crippen molar-refractivity contribution in [2.24, 2.45) is 0 Å². The predicted octanol–water partition coefficient (Wildman–Crippen LogP) is 4.26. The highest BCUT2D eigenvalue weighted by molar-refractivity contribution is 6.01. The van der Waals surface area contributed by atoms with E-state index in [9.17, 15) is 9.59 Å². The van der Waals surface area contributed by atoms with Gasteiger partial charge in [0.2, 0.25) is 5.91 Å². The molecule has 0 fully saturated rings. The number of hydrogen-bond donors (Lipinski definition) is 1. The van der Waals surface area contributed by atoms with Crippen LogP contribution in [0.25, 0.3) is 0 Å². The Bertz CT molecular complexity index is 1300. The van der Waals surface area contributed by atoms with Crippen LogP contribution in [-0.2, 0) is 17.8 Å². The second-order valence-corrected chi connectivity index (χ2v) is 8.92. The molecule has 0 saturated carbocycles. The van der Waals surface area contributed by atoms with Crippen LogP contribution in [0.3, 0.4) is 0 Å². The second-order valence-electron chi connectivity index (χ2n) is 8.92. The summed E-state index contributed by atoms with van der Waals surface area (Å²) >= 11 is 0. The molecule has 1 N–H and O–H groups in total. The Labute approximate surface area is 211 Å². The van der Waals surface area contributed by atoms with Crippen LogP contribution in [0.5, 0.6) is 17.2 Å². The SMILES string of the molecule is CCOc1ccccc1CNC(=O)[C@H]1c2ccccc2C(=O)N2CCc3cc(OC)c(OC)cc3[C@H]12. The number of para-hydroxylation sites is 1. The van der Waals surface area contributed by atoms with Crippen molar-refractivity contribution >= 4 is 11.8 Å². The number of rotatable bonds is 7. The van der Waals surface area contributed by atoms with Crippen molar-refractivity contribution in [3.63, 3.8) is 0 Å². The van der Waals surface area contributed by atoms with Crippen molar-refractivity contribution in [1.82, 2.24) is 10.2 Å². The molecule has 36 heavy (non-hydrogen) atoms. The molecule has 0 bridgehead atoms. The van der Waals surface area contributed by atoms with E-state index in [0.29, 0.717) is 43.2 Å². The van der Waals surface area contributed by atoms with Gasteiger partial charge in [0.05, 0.1) is 32.8 Å². The maximum Gasteiger partial charge on any atom is 0.254 e. The van der Waals surface area contributed by atoms with Crippen LogP contribution < -0.4 is 19.5 Å². The normalized spacial score (nSPS) is 18.0. The average Bonchev–Trinajstić information content (AvgIpc) is 2.92. The Balaban J connectivity index is 1.56. The van der Waals surface area contributed by atoms with Gasteiger partial charge in [0, 0.05) is 24.2 Å². The molecule has 5 rings (SSSR count). The first kappa shape index (κ1) is 23.7. The fourth-order valence-electron chi connectivity index (χ4n) is 5.37. The number of ether oxygens (including phenoxy) is 3. The van der Waals surface area contributed by atoms with Gasteiger partial charge in [0.1, 0.15) is 5.75 Å². The van der Waals surface area contributed by atoms with Crippen LogP contribution in [-0.4, -0.2) is 44.1 Å². The van der Waals surface area contributed by atoms with E-state index in [-0.39, 0.29) is 11.8 Å². The van der Waals surface area contributed by atoms with E-state index >= 15 is 0 Å². The third-order valence-corrected chi connectivity index (χ3v) is 7.03. The number of carbonyl (C=O) groups is 2. The minimum absolute atomic E-state index is 0.0539. The predicted molar refractivity (Wildman–Crippen MR) is 136 cm³/mol. The molecule has 7 nitrogen and oxygen atoms in total. The van der Waals surface area contributed by atoms with Crippen LogP contribution in [0.15, 0.2) is 60.7 Å². The second kappa shape index (κ2) is 9.93. The molecular weight excluding hydrogens is 456 g/mol. The van der Waals surface area contributed by atoms with E-state index < -0.39 is 12.0 Å². The Hall–Kier alpha value is -4.00. The van der Waals surface area contributed by atoms with Gasteiger partial charge in [-0.25, -0.2) is 0 Å². The van der Waals surface area contributed by atoms with Crippen molar-refractivity contribution in [1.29, 1.82) is 0 Å². The maximum atomic E-state index is 13.9. The van der Waals surface area contributed by atoms with Crippen molar-refractivity contribution in [3.8, 4) is 17.2 Å². The topological polar surface area (TPSA) is 77.1 Å². The fraction of sp³-hybridized carbons (Fsp3) is 0.310. The smallest absolute Gasteiger partial charge is 0.254 e. The molecule has 3 aromatic carbocycles. The molecule has 7 heteroatoms. The van der Waals surface area contributed by atoms with E-state index in [1.165, 1.54) is 0 Å². The number of carbonyl (C=O) groups excluding carboxylic acids is 2. The lowest BCUT2D eigenvalue weighted by molar-refractivity contribution is -0.124. The van der Waals surface area contributed by atoms with Gasteiger partial charge in [-0.1, -0.05) is 36.4 Å². The molecule has 2 atom stereocenters. The van der Waals surface area contributed by atoms with Gasteiger partial charge in [0.15, 0.2) is 11.5 Å². The molecule has 2 aliphatic heterocycles. The van der Waals surface area contributed by atoms with E-state index in [0.717, 1.165) is 28.0 Å². The van der Waals surface area contributed by atoms with Gasteiger partial charge in [-0.05, 0) is 54.3 Å². The van der Waals surface area contributed by atoms with E-state index in [1.807, 2.05) is 72.5 Å². The molecule has 0 radical (unpaired) electrons. The Morgan fingerprint density at radius 3 is 2.47 bits per heavy atom. The molecule has 0 aromatic heterocycles. The van der Waals surface area contributed by atoms with E-state index in [1.54, 1.807) is 14.2 Å². The van der Waals surface area contributed by atoms with E-state index in [4.69, 9.17) is 14.2 Å². The molecular formula is C29H30N2O5. The van der Waals surface area contributed by atoms with Gasteiger partial charge in [-0.3, -0.25) is 9.59 Å². The van der Waals surface area contributed by atoms with E-state index in [2.05, 4.69) is 5.32 Å². The highest BCUT2D eigenvalue weighted by Crippen LogP contribution is 2.48. The summed E-state index contributed by atoms with van der Waals surface area (Å²) in [6.45, 7) is 3.33. The zero-order valence-electron chi connectivity index (χ0n) is 20.7. The summed E-state index contributed by atoms with van der Waals surface area (Å²) in [6, 6.07) is 18.5. The minimum Gasteiger partial charge on any atom is -0.494 e. The van der Waals surface area contributed by atoms with Crippen molar-refractivity contribution in [3.05, 3.63) is 88.5 Å². The summed E-state index contributed by atoms with van der Waals surface area (Å²) in [5.41, 5.74) is 4.19. The minimum atomic E-state index is -0.574. The molecule has 0 unspecified atom stereocenters. The first-order valence-corrected chi connectivity index (χ1v) is 12.2. The summed E-state index contributed by atoms with van der Waals surface area (Å²) in [5.74, 6) is 1.20. The lowest BCUT2D eigenvalue weighted by Crippen LogP contribution is -2.50. The number of nitrogens with one attached hydrogen (secondary N) is 1. The monoisotopic (exact) mass is 486 g/mol. The summed E-state index contributed by atoms with van der Waals surface area (Å²) in [6.07, 6.45) is 0.677. The number of benzene rings is 3. The van der Waals surface area contributed by atoms with Gasteiger partial charge in [-0.15, -0.1) is 0 Å². The van der Waals surface area contributed by atoms with Crippen molar-refractivity contribution in [2.45, 2.75) is 31.8 Å². The summed E-state index contributed by atoms with van der Waals surface area (Å²) < 4.78 is 16.8. The third-order valence-electron chi connectivity index (χ3n) is 7.03. The Kier molecular flexibility index (Phi) is 6.55. The van der Waals surface area contributed by atoms with Crippen LogP contribution in [0.4, 0.5) is 0 Å². The number of amides is 2. The molecule has 2 aliphatic rings. The van der Waals surface area contributed by atoms with Crippen LogP contribution in [0.2, 0.25) is 0 Å². The van der Waals surface area contributed by atoms with Crippen LogP contribution in [0.1, 0.15) is 51.5 Å². The van der Waals surface area contributed by atoms with Crippen molar-refractivity contribution < 1.29 is 23.8 Å². The molecule has 2 amide bonds. The quantitative estimate of drug-likeness (QED) is 0.540. The first-order chi connectivity index (χ1) is 17.6. The largest absolute Gasteiger partial charge is 0.494 e. The maximum absolute atomic E-state index is 13.9. The standard InChI is InChI=1S/C29H30N2O5/c1-4-36-23-12-8-5-9-19(23)17-30-28(32)26-20-10-6-7-11-21(20)29(33)31-14-13-18-15-24(34-2)25(35-3)16-22(18)27(26)31/h5-12,15-16,26-27H,4,13-14,17H2,1-3H3,(H,30,32)/t26-,27+/m0/s1. The molecule has 2 heterocycles. The summed E-state index contributed by atoms with van der Waals surface area (Å²) in [5, 5.41) is 3.13. The van der Waals surface area contributed by atoms with Gasteiger partial charge in [-0.2, -0.15) is 0 Å². The number of methoxy groups -OCH3 is 2. The average molecular weight is 487 g/mol. The molecule has 3 aromatic rings.